The zero-order valence-corrected chi connectivity index (χ0v) is 17.9. The maximum Gasteiger partial charge on any atom is 0.217 e. The van der Waals surface area contributed by atoms with E-state index in [0.29, 0.717) is 6.61 Å². The molecule has 0 saturated heterocycles. The highest BCUT2D eigenvalue weighted by Crippen LogP contribution is 2.33. The highest BCUT2D eigenvalue weighted by atomic mass is 32.3. The molecule has 0 aliphatic rings. The highest BCUT2D eigenvalue weighted by Gasteiger charge is 2.37. The van der Waals surface area contributed by atoms with E-state index in [0.717, 1.165) is 5.75 Å². The summed E-state index contributed by atoms with van der Waals surface area (Å²) in [7, 11) is 0.704. The Labute approximate surface area is 158 Å². The van der Waals surface area contributed by atoms with E-state index in [2.05, 4.69) is 29.4 Å². The van der Waals surface area contributed by atoms with Crippen LogP contribution in [0, 0.1) is 5.92 Å². The molecule has 5 N–H and O–H groups in total. The van der Waals surface area contributed by atoms with Crippen LogP contribution in [-0.2, 0) is 19.1 Å². The number of methoxy groups -OCH3 is 1. The Bertz CT molecular complexity index is 445. The molecular formula is C17H37N3O5S. The summed E-state index contributed by atoms with van der Waals surface area (Å²) >= 11 is 0. The number of ether oxygens (including phenoxy) is 2. The number of hydrogen-bond acceptors (Lipinski definition) is 6. The standard InChI is InChI=1S/C17H37N3O5S/c1-11(10-18)14(19-12(2)21)16(23)15(20-13(3)22)17(24-4)25-8-9-26(5,6)7/h11,14-17,23H,8-10,18H2,1-7H3,(H,19,21)(H,20,22). The van der Waals surface area contributed by atoms with E-state index in [9.17, 15) is 14.7 Å². The number of nitrogens with two attached hydrogens (primary N) is 1. The van der Waals surface area contributed by atoms with Crippen molar-refractivity contribution in [3.05, 3.63) is 0 Å². The van der Waals surface area contributed by atoms with Gasteiger partial charge in [-0.2, -0.15) is 0 Å². The van der Waals surface area contributed by atoms with Crippen LogP contribution in [0.2, 0.25) is 0 Å². The SMILES string of the molecule is COC(OCCS(C)(C)C)C(NC(C)=O)C(O)C(NC(C)=O)C(C)CN. The van der Waals surface area contributed by atoms with E-state index in [1.165, 1.54) is 21.0 Å². The van der Waals surface area contributed by atoms with Crippen molar-refractivity contribution in [1.82, 2.24) is 10.6 Å². The molecule has 0 fully saturated rings. The van der Waals surface area contributed by atoms with Gasteiger partial charge in [0.1, 0.15) is 6.04 Å². The molecule has 0 radical (unpaired) electrons. The zero-order chi connectivity index (χ0) is 20.5. The van der Waals surface area contributed by atoms with E-state index < -0.39 is 34.5 Å². The fourth-order valence-corrected chi connectivity index (χ4v) is 3.05. The molecule has 0 aromatic rings. The lowest BCUT2D eigenvalue weighted by Gasteiger charge is -2.37. The van der Waals surface area contributed by atoms with Crippen LogP contribution >= 0.6 is 10.0 Å². The van der Waals surface area contributed by atoms with E-state index >= 15 is 0 Å². The molecule has 0 aromatic heterocycles. The van der Waals surface area contributed by atoms with Crippen molar-refractivity contribution < 1.29 is 24.2 Å². The predicted octanol–water partition coefficient (Wildman–Crippen LogP) is -0.365. The van der Waals surface area contributed by atoms with E-state index in [4.69, 9.17) is 15.2 Å². The lowest BCUT2D eigenvalue weighted by atomic mass is 9.91. The molecule has 26 heavy (non-hydrogen) atoms. The molecule has 2 amide bonds. The Balaban J connectivity index is 5.37. The first-order valence-corrected chi connectivity index (χ1v) is 11.7. The van der Waals surface area contributed by atoms with Crippen LogP contribution in [0.4, 0.5) is 0 Å². The van der Waals surface area contributed by atoms with Crippen molar-refractivity contribution in [3.63, 3.8) is 0 Å². The third-order valence-corrected chi connectivity index (χ3v) is 5.36. The molecule has 9 heteroatoms. The van der Waals surface area contributed by atoms with Crippen molar-refractivity contribution in [1.29, 1.82) is 0 Å². The monoisotopic (exact) mass is 395 g/mol. The summed E-state index contributed by atoms with van der Waals surface area (Å²) < 4.78 is 11.2. The summed E-state index contributed by atoms with van der Waals surface area (Å²) in [5, 5.41) is 16.3. The Morgan fingerprint density at radius 1 is 1.12 bits per heavy atom. The van der Waals surface area contributed by atoms with Gasteiger partial charge in [-0.25, -0.2) is 10.0 Å². The van der Waals surface area contributed by atoms with Gasteiger partial charge in [0, 0.05) is 26.7 Å². The minimum atomic E-state index is -1.13. The van der Waals surface area contributed by atoms with Gasteiger partial charge in [-0.3, -0.25) is 9.59 Å². The lowest BCUT2D eigenvalue weighted by molar-refractivity contribution is -0.165. The number of nitrogens with one attached hydrogen (secondary N) is 2. The topological polar surface area (TPSA) is 123 Å². The number of carbonyl (C=O) groups excluding carboxylic acids is 2. The van der Waals surface area contributed by atoms with Crippen molar-refractivity contribution in [2.75, 3.05) is 44.8 Å². The zero-order valence-electron chi connectivity index (χ0n) is 17.1. The fourth-order valence-electron chi connectivity index (χ4n) is 2.45. The van der Waals surface area contributed by atoms with Crippen molar-refractivity contribution >= 4 is 21.8 Å². The van der Waals surface area contributed by atoms with Gasteiger partial charge in [0.25, 0.3) is 0 Å². The number of aliphatic hydroxyl groups is 1. The van der Waals surface area contributed by atoms with Gasteiger partial charge in [0.05, 0.1) is 18.8 Å². The molecule has 0 aliphatic heterocycles. The Morgan fingerprint density at radius 2 is 1.62 bits per heavy atom. The van der Waals surface area contributed by atoms with Crippen LogP contribution in [0.5, 0.6) is 0 Å². The molecule has 0 aromatic carbocycles. The molecule has 8 nitrogen and oxygen atoms in total. The van der Waals surface area contributed by atoms with Crippen molar-refractivity contribution in [2.45, 2.75) is 45.2 Å². The number of carbonyl (C=O) groups is 2. The predicted molar refractivity (Wildman–Crippen MR) is 106 cm³/mol. The summed E-state index contributed by atoms with van der Waals surface area (Å²) in [5.74, 6) is 0.0383. The molecule has 5 unspecified atom stereocenters. The van der Waals surface area contributed by atoms with Gasteiger partial charge >= 0.3 is 0 Å². The molecule has 0 rings (SSSR count). The summed E-state index contributed by atoms with van der Waals surface area (Å²) in [6, 6.07) is -1.50. The van der Waals surface area contributed by atoms with Gasteiger partial charge in [0.15, 0.2) is 6.29 Å². The van der Waals surface area contributed by atoms with Crippen LogP contribution in [0.1, 0.15) is 20.8 Å². The average molecular weight is 396 g/mol. The number of hydrogen-bond donors (Lipinski definition) is 4. The normalized spacial score (nSPS) is 18.3. The molecule has 0 spiro atoms. The molecule has 156 valence electrons. The minimum Gasteiger partial charge on any atom is -0.389 e. The molecule has 5 atom stereocenters. The Hall–Kier alpha value is -0.870. The summed E-state index contributed by atoms with van der Waals surface area (Å²) in [6.07, 6.45) is 4.54. The first-order valence-electron chi connectivity index (χ1n) is 8.65. The molecular weight excluding hydrogens is 358 g/mol. The number of amides is 2. The fraction of sp³-hybridized carbons (Fsp3) is 0.882. The second-order valence-electron chi connectivity index (χ2n) is 7.43. The van der Waals surface area contributed by atoms with E-state index in [1.807, 2.05) is 6.92 Å². The number of aliphatic hydroxyl groups excluding tert-OH is 1. The highest BCUT2D eigenvalue weighted by molar-refractivity contribution is 8.32. The van der Waals surface area contributed by atoms with Crippen LogP contribution in [0.3, 0.4) is 0 Å². The van der Waals surface area contributed by atoms with Crippen LogP contribution in [-0.4, -0.2) is 86.2 Å². The van der Waals surface area contributed by atoms with Crippen molar-refractivity contribution in [3.8, 4) is 0 Å². The molecule has 0 saturated carbocycles. The van der Waals surface area contributed by atoms with Crippen LogP contribution in [0.25, 0.3) is 0 Å². The maximum atomic E-state index is 11.7. The lowest BCUT2D eigenvalue weighted by Crippen LogP contribution is -2.61. The smallest absolute Gasteiger partial charge is 0.217 e. The van der Waals surface area contributed by atoms with Gasteiger partial charge in [-0.05, 0) is 31.2 Å². The van der Waals surface area contributed by atoms with Crippen LogP contribution in [0.15, 0.2) is 0 Å². The van der Waals surface area contributed by atoms with Gasteiger partial charge in [-0.1, -0.05) is 6.92 Å². The minimum absolute atomic E-state index is 0.207. The maximum absolute atomic E-state index is 11.7. The van der Waals surface area contributed by atoms with Crippen molar-refractivity contribution in [2.24, 2.45) is 11.7 Å². The third kappa shape index (κ3) is 9.72. The van der Waals surface area contributed by atoms with Gasteiger partial charge in [0.2, 0.25) is 11.8 Å². The molecule has 0 bridgehead atoms. The average Bonchev–Trinajstić information content (AvgIpc) is 2.52. The quantitative estimate of drug-likeness (QED) is 0.335. The van der Waals surface area contributed by atoms with Gasteiger partial charge < -0.3 is 30.9 Å². The molecule has 0 heterocycles. The summed E-state index contributed by atoms with van der Waals surface area (Å²) in [6.45, 7) is 5.25. The first-order chi connectivity index (χ1) is 11.9. The Morgan fingerprint density at radius 3 is 2.00 bits per heavy atom. The Kier molecular flexibility index (Phi) is 11.4. The van der Waals surface area contributed by atoms with E-state index in [1.54, 1.807) is 0 Å². The second-order valence-corrected chi connectivity index (χ2v) is 12.0. The van der Waals surface area contributed by atoms with E-state index in [-0.39, 0.29) is 24.3 Å². The largest absolute Gasteiger partial charge is 0.389 e. The second kappa shape index (κ2) is 11.8. The summed E-state index contributed by atoms with van der Waals surface area (Å²) in [4.78, 5) is 23.2. The number of rotatable bonds is 12. The molecule has 0 aliphatic carbocycles. The summed E-state index contributed by atoms with van der Waals surface area (Å²) in [5.41, 5.74) is 5.72. The van der Waals surface area contributed by atoms with Gasteiger partial charge in [-0.15, -0.1) is 0 Å². The first kappa shape index (κ1) is 25.1. The third-order valence-electron chi connectivity index (χ3n) is 3.96. The van der Waals surface area contributed by atoms with Crippen LogP contribution < -0.4 is 16.4 Å².